The molecule has 0 fully saturated rings. The molecule has 1 heterocycles. The Bertz CT molecular complexity index is 244. The van der Waals surface area contributed by atoms with Crippen molar-refractivity contribution in [1.29, 1.82) is 0 Å². The number of halogens is 2. The monoisotopic (exact) mass is 235 g/mol. The largest absolute Gasteiger partial charge is 0.387 e. The van der Waals surface area contributed by atoms with Gasteiger partial charge in [0.2, 0.25) is 0 Å². The molecule has 0 aliphatic heterocycles. The van der Waals surface area contributed by atoms with Crippen LogP contribution in [0.15, 0.2) is 18.3 Å². The molecule has 0 bridgehead atoms. The predicted molar refractivity (Wildman–Crippen MR) is 48.0 cm³/mol. The number of rotatable bonds is 2. The fraction of sp³-hybridized carbons (Fsp3) is 0.286. The fourth-order valence-corrected chi connectivity index (χ4v) is 1.32. The smallest absolute Gasteiger partial charge is 0.134 e. The molecule has 0 spiro atoms. The highest BCUT2D eigenvalue weighted by Crippen LogP contribution is 2.21. The molecular weight excluding hydrogens is 229 g/mol. The van der Waals surface area contributed by atoms with Crippen molar-refractivity contribution in [1.82, 2.24) is 4.98 Å². The van der Waals surface area contributed by atoms with Crippen LogP contribution in [0, 0.1) is 0 Å². The van der Waals surface area contributed by atoms with E-state index in [-0.39, 0.29) is 0 Å². The summed E-state index contributed by atoms with van der Waals surface area (Å²) in [6.45, 7) is 0. The zero-order valence-corrected chi connectivity index (χ0v) is 8.01. The molecule has 1 aromatic heterocycles. The highest BCUT2D eigenvalue weighted by atomic mass is 79.9. The van der Waals surface area contributed by atoms with E-state index in [0.717, 1.165) is 0 Å². The first-order valence-electron chi connectivity index (χ1n) is 3.10. The summed E-state index contributed by atoms with van der Waals surface area (Å²) in [7, 11) is 0. The van der Waals surface area contributed by atoms with Gasteiger partial charge in [0.15, 0.2) is 0 Å². The van der Waals surface area contributed by atoms with Crippen molar-refractivity contribution in [2.24, 2.45) is 0 Å². The van der Waals surface area contributed by atoms with E-state index in [1.807, 2.05) is 0 Å². The average Bonchev–Trinajstić information content (AvgIpc) is 2.04. The van der Waals surface area contributed by atoms with Crippen molar-refractivity contribution in [2.45, 2.75) is 6.10 Å². The van der Waals surface area contributed by atoms with Crippen LogP contribution in [-0.2, 0) is 0 Å². The molecule has 1 atom stereocenters. The fourth-order valence-electron chi connectivity index (χ4n) is 0.730. The zero-order chi connectivity index (χ0) is 8.27. The first-order chi connectivity index (χ1) is 5.25. The van der Waals surface area contributed by atoms with Gasteiger partial charge in [0.05, 0.1) is 6.10 Å². The second-order valence-corrected chi connectivity index (χ2v) is 3.06. The summed E-state index contributed by atoms with van der Waals surface area (Å²) >= 11 is 8.86. The minimum Gasteiger partial charge on any atom is -0.387 e. The molecule has 0 amide bonds. The third-order valence-corrected chi connectivity index (χ3v) is 2.22. The summed E-state index contributed by atoms with van der Waals surface area (Å²) < 4.78 is 0. The van der Waals surface area contributed by atoms with Gasteiger partial charge in [-0.25, -0.2) is 4.98 Å². The summed E-state index contributed by atoms with van der Waals surface area (Å²) in [5.74, 6) is 0. The van der Waals surface area contributed by atoms with E-state index in [0.29, 0.717) is 16.0 Å². The van der Waals surface area contributed by atoms with E-state index in [4.69, 9.17) is 11.6 Å². The van der Waals surface area contributed by atoms with Gasteiger partial charge in [-0.2, -0.15) is 0 Å². The van der Waals surface area contributed by atoms with Gasteiger partial charge in [-0.3, -0.25) is 0 Å². The van der Waals surface area contributed by atoms with Crippen molar-refractivity contribution in [2.75, 3.05) is 5.33 Å². The molecule has 1 aromatic rings. The van der Waals surface area contributed by atoms with Crippen LogP contribution < -0.4 is 0 Å². The summed E-state index contributed by atoms with van der Waals surface area (Å²) in [5, 5.41) is 10.2. The lowest BCUT2D eigenvalue weighted by molar-refractivity contribution is 0.205. The summed E-state index contributed by atoms with van der Waals surface area (Å²) in [4.78, 5) is 3.83. The Kier molecular flexibility index (Phi) is 3.30. The zero-order valence-electron chi connectivity index (χ0n) is 5.67. The number of hydrogen-bond donors (Lipinski definition) is 1. The third-order valence-electron chi connectivity index (χ3n) is 1.29. The number of aliphatic hydroxyl groups is 1. The molecule has 1 rings (SSSR count). The van der Waals surface area contributed by atoms with Crippen LogP contribution >= 0.6 is 27.5 Å². The minimum atomic E-state index is -0.573. The van der Waals surface area contributed by atoms with Crippen molar-refractivity contribution in [3.8, 4) is 0 Å². The van der Waals surface area contributed by atoms with E-state index >= 15 is 0 Å². The summed E-state index contributed by atoms with van der Waals surface area (Å²) in [6.07, 6.45) is 1.02. The van der Waals surface area contributed by atoms with Crippen LogP contribution in [0.2, 0.25) is 5.15 Å². The number of aromatic nitrogens is 1. The lowest BCUT2D eigenvalue weighted by atomic mass is 10.2. The number of alkyl halides is 1. The molecule has 0 radical (unpaired) electrons. The van der Waals surface area contributed by atoms with Crippen LogP contribution in [0.4, 0.5) is 0 Å². The van der Waals surface area contributed by atoms with Crippen molar-refractivity contribution < 1.29 is 5.11 Å². The summed E-state index contributed by atoms with van der Waals surface area (Å²) in [5.41, 5.74) is 0.658. The maximum absolute atomic E-state index is 9.34. The van der Waals surface area contributed by atoms with E-state index in [1.54, 1.807) is 18.3 Å². The molecule has 11 heavy (non-hydrogen) atoms. The molecule has 0 saturated carbocycles. The highest BCUT2D eigenvalue weighted by Gasteiger charge is 2.09. The number of hydrogen-bond acceptors (Lipinski definition) is 2. The van der Waals surface area contributed by atoms with Crippen LogP contribution in [0.25, 0.3) is 0 Å². The Labute approximate surface area is 78.3 Å². The molecule has 2 nitrogen and oxygen atoms in total. The number of nitrogens with zero attached hydrogens (tertiary/aromatic N) is 1. The van der Waals surface area contributed by atoms with E-state index in [2.05, 4.69) is 20.9 Å². The lowest BCUT2D eigenvalue weighted by Gasteiger charge is -2.06. The Morgan fingerprint density at radius 1 is 1.73 bits per heavy atom. The number of pyridine rings is 1. The second-order valence-electron chi connectivity index (χ2n) is 2.05. The van der Waals surface area contributed by atoms with E-state index in [1.165, 1.54) is 0 Å². The molecule has 0 aliphatic rings. The first kappa shape index (κ1) is 8.97. The van der Waals surface area contributed by atoms with E-state index < -0.39 is 6.10 Å². The SMILES string of the molecule is OC(CBr)c1cccnc1Cl. The first-order valence-corrected chi connectivity index (χ1v) is 4.60. The van der Waals surface area contributed by atoms with Crippen LogP contribution in [0.5, 0.6) is 0 Å². The normalized spacial score (nSPS) is 13.0. The van der Waals surface area contributed by atoms with Gasteiger partial charge in [0.25, 0.3) is 0 Å². The third kappa shape index (κ3) is 2.15. The highest BCUT2D eigenvalue weighted by molar-refractivity contribution is 9.09. The van der Waals surface area contributed by atoms with Gasteiger partial charge in [0.1, 0.15) is 5.15 Å². The molecular formula is C7H7BrClNO. The molecule has 1 unspecified atom stereocenters. The van der Waals surface area contributed by atoms with E-state index in [9.17, 15) is 5.11 Å². The second kappa shape index (κ2) is 4.04. The molecule has 4 heteroatoms. The van der Waals surface area contributed by atoms with Crippen molar-refractivity contribution >= 4 is 27.5 Å². The maximum atomic E-state index is 9.34. The molecule has 0 aromatic carbocycles. The summed E-state index contributed by atoms with van der Waals surface area (Å²) in [6, 6.07) is 3.49. The Hall–Kier alpha value is -0.120. The van der Waals surface area contributed by atoms with Gasteiger partial charge in [-0.1, -0.05) is 33.6 Å². The standard InChI is InChI=1S/C7H7BrClNO/c8-4-6(11)5-2-1-3-10-7(5)9/h1-3,6,11H,4H2. The quantitative estimate of drug-likeness (QED) is 0.631. The minimum absolute atomic E-state index is 0.361. The Morgan fingerprint density at radius 3 is 3.00 bits per heavy atom. The number of aliphatic hydroxyl groups excluding tert-OH is 1. The van der Waals surface area contributed by atoms with Gasteiger partial charge in [-0.05, 0) is 6.07 Å². The Balaban J connectivity index is 2.93. The Morgan fingerprint density at radius 2 is 2.45 bits per heavy atom. The molecule has 0 saturated heterocycles. The molecule has 1 N–H and O–H groups in total. The van der Waals surface area contributed by atoms with Gasteiger partial charge in [-0.15, -0.1) is 0 Å². The molecule has 60 valence electrons. The lowest BCUT2D eigenvalue weighted by Crippen LogP contribution is -1.99. The van der Waals surface area contributed by atoms with Gasteiger partial charge in [0, 0.05) is 17.1 Å². The topological polar surface area (TPSA) is 33.1 Å². The van der Waals surface area contributed by atoms with Crippen LogP contribution in [0.3, 0.4) is 0 Å². The molecule has 0 aliphatic carbocycles. The maximum Gasteiger partial charge on any atom is 0.134 e. The van der Waals surface area contributed by atoms with Gasteiger partial charge >= 0.3 is 0 Å². The van der Waals surface area contributed by atoms with Crippen LogP contribution in [0.1, 0.15) is 11.7 Å². The van der Waals surface area contributed by atoms with Crippen molar-refractivity contribution in [3.63, 3.8) is 0 Å². The average molecular weight is 236 g/mol. The van der Waals surface area contributed by atoms with Gasteiger partial charge < -0.3 is 5.11 Å². The predicted octanol–water partition coefficient (Wildman–Crippen LogP) is 2.16. The van der Waals surface area contributed by atoms with Crippen LogP contribution in [-0.4, -0.2) is 15.4 Å². The van der Waals surface area contributed by atoms with Crippen molar-refractivity contribution in [3.05, 3.63) is 29.0 Å².